The normalized spacial score (nSPS) is 17.8. The highest BCUT2D eigenvalue weighted by Gasteiger charge is 2.35. The molecule has 0 aliphatic carbocycles. The molecule has 1 aliphatic rings. The number of β-amino-alcohol motifs (C(OH)–C–C–N with tert-alkyl or cyclic N) is 1. The highest BCUT2D eigenvalue weighted by molar-refractivity contribution is 5.77. The summed E-state index contributed by atoms with van der Waals surface area (Å²) >= 11 is 0. The molecule has 3 N–H and O–H groups in total. The van der Waals surface area contributed by atoms with Crippen molar-refractivity contribution in [2.75, 3.05) is 32.7 Å². The quantitative estimate of drug-likeness (QED) is 0.521. The molecule has 0 radical (unpaired) electrons. The molecule has 1 fully saturated rings. The zero-order valence-corrected chi connectivity index (χ0v) is 19.5. The third-order valence-electron chi connectivity index (χ3n) is 6.84. The van der Waals surface area contributed by atoms with Crippen molar-refractivity contribution >= 4 is 16.9 Å². The average molecular weight is 451 g/mol. The summed E-state index contributed by atoms with van der Waals surface area (Å²) in [6, 6.07) is 13.8. The van der Waals surface area contributed by atoms with Crippen LogP contribution < -0.4 is 5.73 Å². The van der Waals surface area contributed by atoms with Gasteiger partial charge < -0.3 is 15.3 Å². The van der Waals surface area contributed by atoms with E-state index in [2.05, 4.69) is 34.7 Å². The Labute approximate surface area is 195 Å². The van der Waals surface area contributed by atoms with Crippen molar-refractivity contribution in [3.63, 3.8) is 0 Å². The number of piperazine rings is 1. The fraction of sp³-hybridized carbons (Fsp3) is 0.462. The molecular weight excluding hydrogens is 416 g/mol. The number of benzene rings is 1. The van der Waals surface area contributed by atoms with E-state index in [1.54, 1.807) is 6.20 Å². The number of pyridine rings is 1. The summed E-state index contributed by atoms with van der Waals surface area (Å²) in [7, 11) is 0. The zero-order valence-electron chi connectivity index (χ0n) is 19.5. The molecule has 2 atom stereocenters. The molecule has 1 aromatic carbocycles. The summed E-state index contributed by atoms with van der Waals surface area (Å²) in [6.07, 6.45) is 3.92. The maximum absolute atomic E-state index is 12.0. The number of rotatable bonds is 9. The van der Waals surface area contributed by atoms with Gasteiger partial charge in [0.05, 0.1) is 11.6 Å². The van der Waals surface area contributed by atoms with Crippen LogP contribution >= 0.6 is 0 Å². The molecule has 0 saturated carbocycles. The molecular formula is C26H34N4O3. The molecule has 33 heavy (non-hydrogen) atoms. The first kappa shape index (κ1) is 23.4. The lowest BCUT2D eigenvalue weighted by Gasteiger charge is -2.43. The molecule has 1 aliphatic heterocycles. The van der Waals surface area contributed by atoms with Crippen LogP contribution in [-0.4, -0.2) is 64.6 Å². The minimum atomic E-state index is -0.589. The number of carbonyl (C=O) groups excluding carboxylic acids is 1. The molecule has 7 heteroatoms. The Morgan fingerprint density at radius 2 is 1.91 bits per heavy atom. The summed E-state index contributed by atoms with van der Waals surface area (Å²) in [5, 5.41) is 11.7. The Bertz CT molecular complexity index is 1020. The molecule has 176 valence electrons. The van der Waals surface area contributed by atoms with Gasteiger partial charge in [0.2, 0.25) is 5.91 Å². The van der Waals surface area contributed by atoms with Crippen LogP contribution in [0.5, 0.6) is 0 Å². The standard InChI is InChI=1S/C26H34N4O3/c1-26(2,24-16-21-17-28-9-8-23(21)33-24)30-12-10-29(11-13-30)18-22(31)15-20(25(27)32)14-19-6-4-3-5-7-19/h3-9,16-17,20,22,31H,10-15,18H2,1-2H3,(H2,27,32)/t20-,22?/m1/s1. The molecule has 7 nitrogen and oxygen atoms in total. The van der Waals surface area contributed by atoms with Crippen LogP contribution in [0.2, 0.25) is 0 Å². The Hall–Kier alpha value is -2.74. The number of aliphatic hydroxyl groups excluding tert-OH is 1. The van der Waals surface area contributed by atoms with Crippen LogP contribution in [0.1, 0.15) is 31.6 Å². The van der Waals surface area contributed by atoms with E-state index in [1.165, 1.54) is 0 Å². The lowest BCUT2D eigenvalue weighted by Crippen LogP contribution is -2.54. The molecule has 4 rings (SSSR count). The van der Waals surface area contributed by atoms with E-state index in [0.717, 1.165) is 48.5 Å². The third-order valence-corrected chi connectivity index (χ3v) is 6.84. The molecule has 3 heterocycles. The molecule has 0 spiro atoms. The Balaban J connectivity index is 1.30. The predicted octanol–water partition coefficient (Wildman–Crippen LogP) is 2.78. The second kappa shape index (κ2) is 10.0. The van der Waals surface area contributed by atoms with Gasteiger partial charge in [-0.25, -0.2) is 0 Å². The van der Waals surface area contributed by atoms with Gasteiger partial charge >= 0.3 is 0 Å². The van der Waals surface area contributed by atoms with Crippen molar-refractivity contribution in [3.05, 3.63) is 66.2 Å². The molecule has 1 saturated heterocycles. The van der Waals surface area contributed by atoms with Crippen LogP contribution in [0.15, 0.2) is 59.3 Å². The predicted molar refractivity (Wildman–Crippen MR) is 129 cm³/mol. The molecule has 2 aromatic heterocycles. The number of furan rings is 1. The van der Waals surface area contributed by atoms with Crippen LogP contribution in [-0.2, 0) is 16.8 Å². The van der Waals surface area contributed by atoms with Crippen molar-refractivity contribution in [1.82, 2.24) is 14.8 Å². The van der Waals surface area contributed by atoms with Gasteiger partial charge in [-0.3, -0.25) is 19.6 Å². The van der Waals surface area contributed by atoms with Crippen LogP contribution in [0.25, 0.3) is 11.0 Å². The first-order chi connectivity index (χ1) is 15.8. The highest BCUT2D eigenvalue weighted by Crippen LogP contribution is 2.33. The van der Waals surface area contributed by atoms with Gasteiger partial charge in [0, 0.05) is 56.4 Å². The van der Waals surface area contributed by atoms with Crippen LogP contribution in [0, 0.1) is 5.92 Å². The van der Waals surface area contributed by atoms with Gasteiger partial charge in [-0.1, -0.05) is 30.3 Å². The van der Waals surface area contributed by atoms with Gasteiger partial charge in [0.25, 0.3) is 0 Å². The summed E-state index contributed by atoms with van der Waals surface area (Å²) in [4.78, 5) is 20.8. The number of primary amides is 1. The smallest absolute Gasteiger partial charge is 0.220 e. The van der Waals surface area contributed by atoms with Crippen molar-refractivity contribution < 1.29 is 14.3 Å². The minimum Gasteiger partial charge on any atom is -0.459 e. The highest BCUT2D eigenvalue weighted by atomic mass is 16.3. The zero-order chi connectivity index (χ0) is 23.4. The number of amides is 1. The summed E-state index contributed by atoms with van der Waals surface area (Å²) in [5.74, 6) is 0.208. The second-order valence-corrected chi connectivity index (χ2v) is 9.55. The van der Waals surface area contributed by atoms with Gasteiger partial charge in [-0.2, -0.15) is 0 Å². The first-order valence-corrected chi connectivity index (χ1v) is 11.7. The van der Waals surface area contributed by atoms with Gasteiger partial charge in [0.15, 0.2) is 0 Å². The minimum absolute atomic E-state index is 0.240. The number of hydrogen-bond donors (Lipinski definition) is 2. The number of carbonyl (C=O) groups is 1. The molecule has 1 unspecified atom stereocenters. The fourth-order valence-corrected chi connectivity index (χ4v) is 4.73. The number of hydrogen-bond acceptors (Lipinski definition) is 6. The van der Waals surface area contributed by atoms with E-state index >= 15 is 0 Å². The number of nitrogens with zero attached hydrogens (tertiary/aromatic N) is 3. The average Bonchev–Trinajstić information content (AvgIpc) is 3.25. The lowest BCUT2D eigenvalue weighted by molar-refractivity contribution is -0.122. The number of aliphatic hydroxyl groups is 1. The maximum Gasteiger partial charge on any atom is 0.220 e. The Morgan fingerprint density at radius 1 is 1.18 bits per heavy atom. The van der Waals surface area contributed by atoms with Crippen molar-refractivity contribution in [2.45, 2.75) is 38.3 Å². The number of fused-ring (bicyclic) bond motifs is 1. The maximum atomic E-state index is 12.0. The fourth-order valence-electron chi connectivity index (χ4n) is 4.73. The third kappa shape index (κ3) is 5.61. The Morgan fingerprint density at radius 3 is 2.58 bits per heavy atom. The van der Waals surface area contributed by atoms with E-state index in [9.17, 15) is 9.90 Å². The lowest BCUT2D eigenvalue weighted by atomic mass is 9.92. The first-order valence-electron chi connectivity index (χ1n) is 11.7. The summed E-state index contributed by atoms with van der Waals surface area (Å²) < 4.78 is 6.11. The van der Waals surface area contributed by atoms with E-state index < -0.39 is 6.10 Å². The second-order valence-electron chi connectivity index (χ2n) is 9.55. The van der Waals surface area contributed by atoms with Crippen LogP contribution in [0.4, 0.5) is 0 Å². The number of nitrogens with two attached hydrogens (primary N) is 1. The van der Waals surface area contributed by atoms with Crippen molar-refractivity contribution in [1.29, 1.82) is 0 Å². The molecule has 0 bridgehead atoms. The molecule has 1 amide bonds. The monoisotopic (exact) mass is 450 g/mol. The van der Waals surface area contributed by atoms with Crippen molar-refractivity contribution in [3.8, 4) is 0 Å². The van der Waals surface area contributed by atoms with E-state index in [1.807, 2.05) is 42.6 Å². The Kier molecular flexibility index (Phi) is 7.12. The van der Waals surface area contributed by atoms with E-state index in [0.29, 0.717) is 19.4 Å². The summed E-state index contributed by atoms with van der Waals surface area (Å²) in [6.45, 7) is 8.36. The SMILES string of the molecule is CC(C)(c1cc2cnccc2o1)N1CCN(CC(O)C[C@@H](Cc2ccccc2)C(N)=O)CC1. The topological polar surface area (TPSA) is 95.8 Å². The number of aromatic nitrogens is 1. The van der Waals surface area contributed by atoms with Gasteiger partial charge in [-0.15, -0.1) is 0 Å². The van der Waals surface area contributed by atoms with E-state index in [-0.39, 0.29) is 17.4 Å². The summed E-state index contributed by atoms with van der Waals surface area (Å²) in [5.41, 5.74) is 7.31. The van der Waals surface area contributed by atoms with Gasteiger partial charge in [0.1, 0.15) is 11.3 Å². The van der Waals surface area contributed by atoms with Crippen LogP contribution in [0.3, 0.4) is 0 Å². The van der Waals surface area contributed by atoms with E-state index in [4.69, 9.17) is 10.2 Å². The largest absolute Gasteiger partial charge is 0.459 e. The molecule has 3 aromatic rings. The van der Waals surface area contributed by atoms with Gasteiger partial charge in [-0.05, 0) is 44.4 Å². The van der Waals surface area contributed by atoms with Crippen molar-refractivity contribution in [2.24, 2.45) is 11.7 Å².